The minimum Gasteiger partial charge on any atom is -0.497 e. The number of hydrogen-bond donors (Lipinski definition) is 2. The molecule has 0 spiro atoms. The van der Waals surface area contributed by atoms with E-state index in [2.05, 4.69) is 53.0 Å². The summed E-state index contributed by atoms with van der Waals surface area (Å²) >= 11 is 1.76. The van der Waals surface area contributed by atoms with Crippen molar-refractivity contribution < 1.29 is 9.47 Å². The number of methoxy groups -OCH3 is 1. The van der Waals surface area contributed by atoms with Gasteiger partial charge in [-0.2, -0.15) is 0 Å². The molecule has 2 aromatic rings. The van der Waals surface area contributed by atoms with Crippen LogP contribution in [0.4, 0.5) is 0 Å². The number of morpholine rings is 1. The molecule has 166 valence electrons. The number of guanidine groups is 1. The normalized spacial score (nSPS) is 15.9. The molecule has 1 aromatic heterocycles. The third-order valence-corrected chi connectivity index (χ3v) is 6.15. The minimum atomic E-state index is 0. The van der Waals surface area contributed by atoms with Crippen LogP contribution in [0.2, 0.25) is 0 Å². The standard InChI is InChI=1S/C22H32N4O2S.HI/c1-4-23-22(25-16-21-17(2)9-14-29-21)24-15-20(26-10-12-28-13-11-26)18-5-7-19(27-3)8-6-18;/h5-9,14,20H,4,10-13,15-16H2,1-3H3,(H2,23,24,25);1H. The molecule has 3 rings (SSSR count). The van der Waals surface area contributed by atoms with Crippen molar-refractivity contribution in [3.8, 4) is 5.75 Å². The molecule has 30 heavy (non-hydrogen) atoms. The fourth-order valence-corrected chi connectivity index (χ4v) is 4.25. The van der Waals surface area contributed by atoms with E-state index in [1.165, 1.54) is 16.0 Å². The van der Waals surface area contributed by atoms with Gasteiger partial charge < -0.3 is 20.1 Å². The molecule has 1 aromatic carbocycles. The number of aliphatic imine (C=N–C) groups is 1. The molecule has 0 amide bonds. The highest BCUT2D eigenvalue weighted by Crippen LogP contribution is 2.23. The molecule has 1 unspecified atom stereocenters. The zero-order chi connectivity index (χ0) is 20.5. The van der Waals surface area contributed by atoms with Gasteiger partial charge in [-0.25, -0.2) is 4.99 Å². The predicted octanol–water partition coefficient (Wildman–Crippen LogP) is 3.81. The Morgan fingerprint density at radius 3 is 2.53 bits per heavy atom. The van der Waals surface area contributed by atoms with Gasteiger partial charge in [0.1, 0.15) is 5.75 Å². The fraction of sp³-hybridized carbons (Fsp3) is 0.500. The molecule has 1 atom stereocenters. The Morgan fingerprint density at radius 1 is 1.20 bits per heavy atom. The summed E-state index contributed by atoms with van der Waals surface area (Å²) in [7, 11) is 1.70. The Labute approximate surface area is 201 Å². The number of nitrogens with zero attached hydrogens (tertiary/aromatic N) is 2. The first-order chi connectivity index (χ1) is 14.2. The highest BCUT2D eigenvalue weighted by atomic mass is 127. The Bertz CT molecular complexity index is 776. The monoisotopic (exact) mass is 544 g/mol. The van der Waals surface area contributed by atoms with Crippen LogP contribution in [-0.4, -0.2) is 57.4 Å². The van der Waals surface area contributed by atoms with Gasteiger partial charge in [0, 0.05) is 31.1 Å². The molecular weight excluding hydrogens is 511 g/mol. The van der Waals surface area contributed by atoms with Crippen LogP contribution in [0.5, 0.6) is 5.75 Å². The topological polar surface area (TPSA) is 58.1 Å². The van der Waals surface area contributed by atoms with Crippen LogP contribution < -0.4 is 15.4 Å². The van der Waals surface area contributed by atoms with Gasteiger partial charge in [0.15, 0.2) is 5.96 Å². The first-order valence-electron chi connectivity index (χ1n) is 10.2. The number of thiophene rings is 1. The largest absolute Gasteiger partial charge is 0.497 e. The fourth-order valence-electron chi connectivity index (χ4n) is 3.43. The van der Waals surface area contributed by atoms with E-state index in [0.29, 0.717) is 6.54 Å². The van der Waals surface area contributed by atoms with Crippen molar-refractivity contribution in [1.82, 2.24) is 15.5 Å². The molecule has 1 fully saturated rings. The quantitative estimate of drug-likeness (QED) is 0.301. The molecule has 2 heterocycles. The lowest BCUT2D eigenvalue weighted by Gasteiger charge is -2.35. The molecule has 1 aliphatic rings. The third kappa shape index (κ3) is 7.11. The Morgan fingerprint density at radius 2 is 1.93 bits per heavy atom. The summed E-state index contributed by atoms with van der Waals surface area (Å²) in [6.07, 6.45) is 0. The average Bonchev–Trinajstić information content (AvgIpc) is 3.18. The van der Waals surface area contributed by atoms with Gasteiger partial charge in [-0.3, -0.25) is 4.90 Å². The van der Waals surface area contributed by atoms with Gasteiger partial charge in [0.2, 0.25) is 0 Å². The second-order valence-electron chi connectivity index (χ2n) is 7.04. The van der Waals surface area contributed by atoms with Crippen LogP contribution in [-0.2, 0) is 11.3 Å². The summed E-state index contributed by atoms with van der Waals surface area (Å²) in [5.41, 5.74) is 2.57. The third-order valence-electron chi connectivity index (χ3n) is 5.14. The maximum absolute atomic E-state index is 5.56. The van der Waals surface area contributed by atoms with Gasteiger partial charge in [0.05, 0.1) is 32.9 Å². The molecule has 1 aliphatic heterocycles. The number of benzene rings is 1. The van der Waals surface area contributed by atoms with E-state index in [-0.39, 0.29) is 30.0 Å². The second kappa shape index (κ2) is 13.1. The van der Waals surface area contributed by atoms with E-state index in [4.69, 9.17) is 14.5 Å². The smallest absolute Gasteiger partial charge is 0.191 e. The van der Waals surface area contributed by atoms with Crippen LogP contribution in [0.3, 0.4) is 0 Å². The SMILES string of the molecule is CCNC(=NCc1sccc1C)NCC(c1ccc(OC)cc1)N1CCOCC1.I. The van der Waals surface area contributed by atoms with Crippen LogP contribution >= 0.6 is 35.3 Å². The number of rotatable bonds is 8. The van der Waals surface area contributed by atoms with Gasteiger partial charge >= 0.3 is 0 Å². The number of ether oxygens (including phenoxy) is 2. The van der Waals surface area contributed by atoms with Crippen molar-refractivity contribution in [3.63, 3.8) is 0 Å². The van der Waals surface area contributed by atoms with Crippen LogP contribution in [0, 0.1) is 6.92 Å². The summed E-state index contributed by atoms with van der Waals surface area (Å²) in [6.45, 7) is 9.96. The van der Waals surface area contributed by atoms with Crippen LogP contribution in [0.15, 0.2) is 40.7 Å². The van der Waals surface area contributed by atoms with Crippen molar-refractivity contribution in [2.45, 2.75) is 26.4 Å². The molecule has 1 saturated heterocycles. The van der Waals surface area contributed by atoms with E-state index in [0.717, 1.165) is 51.1 Å². The summed E-state index contributed by atoms with van der Waals surface area (Å²) in [5.74, 6) is 1.73. The van der Waals surface area contributed by atoms with Crippen molar-refractivity contribution in [2.75, 3.05) is 46.5 Å². The average molecular weight is 545 g/mol. The second-order valence-corrected chi connectivity index (χ2v) is 8.04. The zero-order valence-corrected chi connectivity index (χ0v) is 21.2. The number of nitrogens with one attached hydrogen (secondary N) is 2. The van der Waals surface area contributed by atoms with E-state index in [9.17, 15) is 0 Å². The van der Waals surface area contributed by atoms with Crippen molar-refractivity contribution in [2.24, 2.45) is 4.99 Å². The van der Waals surface area contributed by atoms with E-state index >= 15 is 0 Å². The maximum atomic E-state index is 5.56. The molecule has 0 bridgehead atoms. The molecule has 0 saturated carbocycles. The lowest BCUT2D eigenvalue weighted by molar-refractivity contribution is 0.0170. The first kappa shape index (κ1) is 24.9. The molecule has 0 aliphatic carbocycles. The Kier molecular flexibility index (Phi) is 10.9. The number of hydrogen-bond acceptors (Lipinski definition) is 5. The summed E-state index contributed by atoms with van der Waals surface area (Å²) < 4.78 is 10.9. The molecule has 8 heteroatoms. The lowest BCUT2D eigenvalue weighted by Crippen LogP contribution is -2.46. The highest BCUT2D eigenvalue weighted by molar-refractivity contribution is 14.0. The van der Waals surface area contributed by atoms with Crippen molar-refractivity contribution in [3.05, 3.63) is 51.7 Å². The van der Waals surface area contributed by atoms with E-state index in [1.807, 2.05) is 12.1 Å². The molecule has 6 nitrogen and oxygen atoms in total. The van der Waals surface area contributed by atoms with Gasteiger partial charge in [0.25, 0.3) is 0 Å². The van der Waals surface area contributed by atoms with E-state index < -0.39 is 0 Å². The maximum Gasteiger partial charge on any atom is 0.191 e. The van der Waals surface area contributed by atoms with Crippen LogP contribution in [0.25, 0.3) is 0 Å². The highest BCUT2D eigenvalue weighted by Gasteiger charge is 2.23. The lowest BCUT2D eigenvalue weighted by atomic mass is 10.0. The number of halogens is 1. The summed E-state index contributed by atoms with van der Waals surface area (Å²) in [5, 5.41) is 9.05. The zero-order valence-electron chi connectivity index (χ0n) is 18.0. The van der Waals surface area contributed by atoms with Crippen LogP contribution in [0.1, 0.15) is 29.0 Å². The minimum absolute atomic E-state index is 0. The van der Waals surface area contributed by atoms with E-state index in [1.54, 1.807) is 18.4 Å². The first-order valence-corrected chi connectivity index (χ1v) is 11.1. The summed E-state index contributed by atoms with van der Waals surface area (Å²) in [6, 6.07) is 10.8. The Balaban J connectivity index is 0.00000320. The van der Waals surface area contributed by atoms with Gasteiger partial charge in [-0.1, -0.05) is 12.1 Å². The summed E-state index contributed by atoms with van der Waals surface area (Å²) in [4.78, 5) is 8.58. The van der Waals surface area contributed by atoms with Crippen molar-refractivity contribution in [1.29, 1.82) is 0 Å². The number of aryl methyl sites for hydroxylation is 1. The van der Waals surface area contributed by atoms with Crippen molar-refractivity contribution >= 4 is 41.3 Å². The molecule has 2 N–H and O–H groups in total. The Hall–Kier alpha value is -1.36. The van der Waals surface area contributed by atoms with Gasteiger partial charge in [-0.05, 0) is 48.6 Å². The molecule has 0 radical (unpaired) electrons. The molecular formula is C22H33IN4O2S. The van der Waals surface area contributed by atoms with Gasteiger partial charge in [-0.15, -0.1) is 35.3 Å². The predicted molar refractivity (Wildman–Crippen MR) is 135 cm³/mol.